The number of methoxy groups -OCH3 is 1. The molecule has 0 unspecified atom stereocenters. The molecule has 0 saturated heterocycles. The van der Waals surface area contributed by atoms with E-state index in [9.17, 15) is 4.39 Å². The van der Waals surface area contributed by atoms with E-state index in [1.165, 1.54) is 12.1 Å². The fourth-order valence-corrected chi connectivity index (χ4v) is 2.33. The number of anilines is 1. The summed E-state index contributed by atoms with van der Waals surface area (Å²) in [6, 6.07) is 11.9. The van der Waals surface area contributed by atoms with E-state index in [2.05, 4.69) is 21.2 Å². The first-order valence-electron chi connectivity index (χ1n) is 5.90. The van der Waals surface area contributed by atoms with Crippen LogP contribution in [0.3, 0.4) is 0 Å². The second-order valence-electron chi connectivity index (χ2n) is 4.13. The third-order valence-corrected chi connectivity index (χ3v) is 3.42. The molecule has 5 heteroatoms. The molecule has 20 heavy (non-hydrogen) atoms. The summed E-state index contributed by atoms with van der Waals surface area (Å²) >= 11 is 3.42. The van der Waals surface area contributed by atoms with E-state index in [1.54, 1.807) is 13.2 Å². The van der Waals surface area contributed by atoms with Gasteiger partial charge in [0.15, 0.2) is 0 Å². The molecule has 0 radical (unpaired) electrons. The lowest BCUT2D eigenvalue weighted by Gasteiger charge is -2.09. The Morgan fingerprint density at radius 1 is 1.30 bits per heavy atom. The lowest BCUT2D eigenvalue weighted by molar-refractivity contribution is 0.412. The third kappa shape index (κ3) is 3.28. The molecular weight excluding hydrogens is 323 g/mol. The van der Waals surface area contributed by atoms with E-state index in [-0.39, 0.29) is 5.56 Å². The van der Waals surface area contributed by atoms with Crippen LogP contribution in [0.1, 0.15) is 11.1 Å². The minimum Gasteiger partial charge on any atom is -0.496 e. The van der Waals surface area contributed by atoms with Crippen LogP contribution < -0.4 is 10.1 Å². The van der Waals surface area contributed by atoms with Crippen LogP contribution in [0, 0.1) is 17.1 Å². The van der Waals surface area contributed by atoms with Gasteiger partial charge < -0.3 is 10.1 Å². The molecule has 3 nitrogen and oxygen atoms in total. The summed E-state index contributed by atoms with van der Waals surface area (Å²) in [5.74, 6) is 0.257. The lowest BCUT2D eigenvalue weighted by Crippen LogP contribution is -2.00. The number of nitrogens with one attached hydrogen (secondary N) is 1. The van der Waals surface area contributed by atoms with E-state index in [1.807, 2.05) is 24.3 Å². The van der Waals surface area contributed by atoms with Gasteiger partial charge in [0.25, 0.3) is 0 Å². The maximum atomic E-state index is 13.2. The fourth-order valence-electron chi connectivity index (χ4n) is 1.74. The van der Waals surface area contributed by atoms with Crippen LogP contribution in [0.25, 0.3) is 0 Å². The predicted molar refractivity (Wildman–Crippen MR) is 79.1 cm³/mol. The molecule has 0 amide bonds. The second kappa shape index (κ2) is 6.40. The standard InChI is InChI=1S/C15H12BrFN2O/c1-20-15-5-2-10(6-13(15)16)9-19-12-3-4-14(17)11(7-12)8-18/h2-7,19H,9H2,1H3. The van der Waals surface area contributed by atoms with Gasteiger partial charge in [-0.3, -0.25) is 0 Å². The Morgan fingerprint density at radius 2 is 2.10 bits per heavy atom. The van der Waals surface area contributed by atoms with Crippen LogP contribution in [-0.4, -0.2) is 7.11 Å². The summed E-state index contributed by atoms with van der Waals surface area (Å²) in [4.78, 5) is 0. The average molecular weight is 335 g/mol. The summed E-state index contributed by atoms with van der Waals surface area (Å²) in [5, 5.41) is 11.9. The molecule has 0 heterocycles. The molecule has 0 atom stereocenters. The van der Waals surface area contributed by atoms with Gasteiger partial charge in [0.2, 0.25) is 0 Å². The fraction of sp³-hybridized carbons (Fsp3) is 0.133. The van der Waals surface area contributed by atoms with E-state index in [0.717, 1.165) is 15.8 Å². The van der Waals surface area contributed by atoms with Crippen LogP contribution in [-0.2, 0) is 6.54 Å². The van der Waals surface area contributed by atoms with Crippen molar-refractivity contribution in [3.8, 4) is 11.8 Å². The summed E-state index contributed by atoms with van der Waals surface area (Å²) in [6.07, 6.45) is 0. The highest BCUT2D eigenvalue weighted by Crippen LogP contribution is 2.26. The van der Waals surface area contributed by atoms with Crippen molar-refractivity contribution in [2.24, 2.45) is 0 Å². The quantitative estimate of drug-likeness (QED) is 0.916. The Hall–Kier alpha value is -2.06. The highest BCUT2D eigenvalue weighted by molar-refractivity contribution is 9.10. The molecule has 0 saturated carbocycles. The first-order valence-corrected chi connectivity index (χ1v) is 6.69. The SMILES string of the molecule is COc1ccc(CNc2ccc(F)c(C#N)c2)cc1Br. The molecule has 0 aliphatic rings. The number of benzene rings is 2. The minimum absolute atomic E-state index is 0.0333. The zero-order chi connectivity index (χ0) is 14.5. The maximum Gasteiger partial charge on any atom is 0.141 e. The maximum absolute atomic E-state index is 13.2. The number of nitrogens with zero attached hydrogens (tertiary/aromatic N) is 1. The summed E-state index contributed by atoms with van der Waals surface area (Å²) in [5.41, 5.74) is 1.78. The highest BCUT2D eigenvalue weighted by atomic mass is 79.9. The molecule has 1 N–H and O–H groups in total. The molecule has 0 aliphatic heterocycles. The third-order valence-electron chi connectivity index (χ3n) is 2.80. The number of halogens is 2. The predicted octanol–water partition coefficient (Wildman–Crippen LogP) is 4.08. The normalized spacial score (nSPS) is 9.90. The van der Waals surface area contributed by atoms with E-state index in [0.29, 0.717) is 12.2 Å². The van der Waals surface area contributed by atoms with Crippen molar-refractivity contribution in [3.63, 3.8) is 0 Å². The number of rotatable bonds is 4. The van der Waals surface area contributed by atoms with Gasteiger partial charge in [0.1, 0.15) is 17.6 Å². The smallest absolute Gasteiger partial charge is 0.141 e. The summed E-state index contributed by atoms with van der Waals surface area (Å²) in [7, 11) is 1.61. The van der Waals surface area contributed by atoms with Crippen molar-refractivity contribution in [2.45, 2.75) is 6.54 Å². The van der Waals surface area contributed by atoms with E-state index in [4.69, 9.17) is 10.00 Å². The van der Waals surface area contributed by atoms with Gasteiger partial charge in [0, 0.05) is 12.2 Å². The number of hydrogen-bond acceptors (Lipinski definition) is 3. The second-order valence-corrected chi connectivity index (χ2v) is 4.98. The Balaban J connectivity index is 2.09. The van der Waals surface area contributed by atoms with Crippen LogP contribution in [0.4, 0.5) is 10.1 Å². The molecule has 0 aromatic heterocycles. The van der Waals surface area contributed by atoms with Crippen LogP contribution in [0.15, 0.2) is 40.9 Å². The first kappa shape index (κ1) is 14.4. The summed E-state index contributed by atoms with van der Waals surface area (Å²) in [6.45, 7) is 0.569. The highest BCUT2D eigenvalue weighted by Gasteiger charge is 2.04. The first-order chi connectivity index (χ1) is 9.63. The van der Waals surface area contributed by atoms with Gasteiger partial charge >= 0.3 is 0 Å². The Kier molecular flexibility index (Phi) is 4.59. The van der Waals surface area contributed by atoms with Crippen molar-refractivity contribution in [1.82, 2.24) is 0 Å². The number of nitriles is 1. The van der Waals surface area contributed by atoms with Crippen LogP contribution >= 0.6 is 15.9 Å². The van der Waals surface area contributed by atoms with Crippen LogP contribution in [0.2, 0.25) is 0 Å². The van der Waals surface area contributed by atoms with Crippen molar-refractivity contribution < 1.29 is 9.13 Å². The minimum atomic E-state index is -0.509. The van der Waals surface area contributed by atoms with Crippen LogP contribution in [0.5, 0.6) is 5.75 Å². The van der Waals surface area contributed by atoms with Gasteiger partial charge in [-0.1, -0.05) is 6.07 Å². The topological polar surface area (TPSA) is 45.0 Å². The number of hydrogen-bond donors (Lipinski definition) is 1. The van der Waals surface area contributed by atoms with Gasteiger partial charge in [0.05, 0.1) is 17.1 Å². The summed E-state index contributed by atoms with van der Waals surface area (Å²) < 4.78 is 19.2. The van der Waals surface area contributed by atoms with Crippen molar-refractivity contribution in [1.29, 1.82) is 5.26 Å². The molecule has 0 aliphatic carbocycles. The largest absolute Gasteiger partial charge is 0.496 e. The molecule has 0 bridgehead atoms. The van der Waals surface area contributed by atoms with Crippen molar-refractivity contribution in [2.75, 3.05) is 12.4 Å². The molecule has 2 aromatic rings. The zero-order valence-corrected chi connectivity index (χ0v) is 12.4. The number of ether oxygens (including phenoxy) is 1. The van der Waals surface area contributed by atoms with Gasteiger partial charge in [-0.2, -0.15) is 5.26 Å². The Labute approximate surface area is 125 Å². The van der Waals surface area contributed by atoms with E-state index >= 15 is 0 Å². The van der Waals surface area contributed by atoms with Gasteiger partial charge in [-0.05, 0) is 51.8 Å². The lowest BCUT2D eigenvalue weighted by atomic mass is 10.2. The molecule has 102 valence electrons. The monoisotopic (exact) mass is 334 g/mol. The van der Waals surface area contributed by atoms with Gasteiger partial charge in [-0.25, -0.2) is 4.39 Å². The zero-order valence-electron chi connectivity index (χ0n) is 10.8. The van der Waals surface area contributed by atoms with Crippen molar-refractivity contribution in [3.05, 3.63) is 57.8 Å². The molecule has 2 aromatic carbocycles. The average Bonchev–Trinajstić information content (AvgIpc) is 2.46. The van der Waals surface area contributed by atoms with Gasteiger partial charge in [-0.15, -0.1) is 0 Å². The molecule has 0 spiro atoms. The Bertz CT molecular complexity index is 667. The molecular formula is C15H12BrFN2O. The van der Waals surface area contributed by atoms with E-state index < -0.39 is 5.82 Å². The van der Waals surface area contributed by atoms with Crippen molar-refractivity contribution >= 4 is 21.6 Å². The molecule has 0 fully saturated rings. The molecule has 2 rings (SSSR count). The Morgan fingerprint density at radius 3 is 2.75 bits per heavy atom.